The molecule has 3 rings (SSSR count). The Morgan fingerprint density at radius 2 is 2.12 bits per heavy atom. The van der Waals surface area contributed by atoms with E-state index in [0.29, 0.717) is 6.04 Å². The van der Waals surface area contributed by atoms with E-state index in [-0.39, 0.29) is 0 Å². The van der Waals surface area contributed by atoms with Crippen LogP contribution in [0, 0.1) is 6.92 Å². The minimum Gasteiger partial charge on any atom is -0.341 e. The van der Waals surface area contributed by atoms with Crippen LogP contribution in [0.4, 0.5) is 5.95 Å². The molecule has 2 aliphatic heterocycles. The van der Waals surface area contributed by atoms with Gasteiger partial charge in [0.1, 0.15) is 0 Å². The van der Waals surface area contributed by atoms with Crippen molar-refractivity contribution >= 4 is 5.95 Å². The maximum atomic E-state index is 4.62. The molecule has 88 valence electrons. The van der Waals surface area contributed by atoms with Crippen molar-refractivity contribution in [1.29, 1.82) is 0 Å². The Kier molecular flexibility index (Phi) is 2.39. The van der Waals surface area contributed by atoms with Gasteiger partial charge >= 0.3 is 0 Å². The lowest BCUT2D eigenvalue weighted by Gasteiger charge is -2.25. The summed E-state index contributed by atoms with van der Waals surface area (Å²) in [6, 6.07) is 1.42. The Bertz CT molecular complexity index is 384. The first-order valence-corrected chi connectivity index (χ1v) is 6.23. The van der Waals surface area contributed by atoms with Crippen LogP contribution in [-0.4, -0.2) is 34.7 Å². The van der Waals surface area contributed by atoms with Crippen molar-refractivity contribution in [3.63, 3.8) is 0 Å². The number of hydrogen-bond acceptors (Lipinski definition) is 3. The molecule has 1 aromatic heterocycles. The third-order valence-electron chi connectivity index (χ3n) is 3.78. The van der Waals surface area contributed by atoms with Crippen molar-refractivity contribution in [3.05, 3.63) is 11.9 Å². The van der Waals surface area contributed by atoms with Crippen molar-refractivity contribution < 1.29 is 0 Å². The van der Waals surface area contributed by atoms with Crippen LogP contribution in [0.15, 0.2) is 6.20 Å². The molecule has 2 atom stereocenters. The summed E-state index contributed by atoms with van der Waals surface area (Å²) >= 11 is 0. The summed E-state index contributed by atoms with van der Waals surface area (Å²) in [5.74, 6) is 1.13. The number of aromatic nitrogens is 2. The van der Waals surface area contributed by atoms with Gasteiger partial charge in [0.05, 0.1) is 5.69 Å². The van der Waals surface area contributed by atoms with Gasteiger partial charge in [-0.2, -0.15) is 0 Å². The third-order valence-corrected chi connectivity index (χ3v) is 3.78. The first-order valence-electron chi connectivity index (χ1n) is 6.23. The first-order chi connectivity index (χ1) is 7.72. The van der Waals surface area contributed by atoms with Crippen LogP contribution in [0.2, 0.25) is 0 Å². The number of nitrogens with one attached hydrogen (secondary N) is 1. The zero-order valence-electron chi connectivity index (χ0n) is 10.1. The van der Waals surface area contributed by atoms with Crippen LogP contribution in [0.1, 0.15) is 25.0 Å². The fourth-order valence-corrected chi connectivity index (χ4v) is 3.02. The minimum absolute atomic E-state index is 0.671. The average molecular weight is 220 g/mol. The standard InChI is InChI=1S/C12H20N4/c1-9-7-15(2)12(13-9)16-6-5-10-3-4-11(8-16)14-10/h7,10-11,14H,3-6,8H2,1-2H3. The molecule has 0 aromatic carbocycles. The van der Waals surface area contributed by atoms with E-state index in [9.17, 15) is 0 Å². The second-order valence-corrected chi connectivity index (χ2v) is 5.17. The number of hydrogen-bond donors (Lipinski definition) is 1. The van der Waals surface area contributed by atoms with E-state index in [1.54, 1.807) is 0 Å². The minimum atomic E-state index is 0.671. The second-order valence-electron chi connectivity index (χ2n) is 5.17. The number of nitrogens with zero attached hydrogens (tertiary/aromatic N) is 3. The quantitative estimate of drug-likeness (QED) is 0.768. The second kappa shape index (κ2) is 3.77. The van der Waals surface area contributed by atoms with E-state index in [1.807, 2.05) is 0 Å². The van der Waals surface area contributed by atoms with E-state index < -0.39 is 0 Å². The molecule has 1 N–H and O–H groups in total. The Labute approximate surface area is 96.7 Å². The molecule has 4 heteroatoms. The summed E-state index contributed by atoms with van der Waals surface area (Å²) in [7, 11) is 2.09. The van der Waals surface area contributed by atoms with Crippen LogP contribution < -0.4 is 10.2 Å². The molecule has 0 amide bonds. The maximum absolute atomic E-state index is 4.62. The van der Waals surface area contributed by atoms with Crippen LogP contribution in [0.3, 0.4) is 0 Å². The Hall–Kier alpha value is -1.03. The molecule has 2 aliphatic rings. The lowest BCUT2D eigenvalue weighted by atomic mass is 10.1. The lowest BCUT2D eigenvalue weighted by Crippen LogP contribution is -2.36. The van der Waals surface area contributed by atoms with Crippen LogP contribution in [-0.2, 0) is 7.05 Å². The van der Waals surface area contributed by atoms with Crippen molar-refractivity contribution in [2.24, 2.45) is 7.05 Å². The van der Waals surface area contributed by atoms with Gasteiger partial charge in [-0.15, -0.1) is 0 Å². The van der Waals surface area contributed by atoms with Gasteiger partial charge in [0.2, 0.25) is 5.95 Å². The summed E-state index contributed by atoms with van der Waals surface area (Å²) in [5.41, 5.74) is 1.11. The molecule has 0 spiro atoms. The molecule has 2 unspecified atom stereocenters. The van der Waals surface area contributed by atoms with E-state index in [2.05, 4.69) is 39.9 Å². The van der Waals surface area contributed by atoms with Crippen molar-refractivity contribution in [2.75, 3.05) is 18.0 Å². The normalized spacial score (nSPS) is 29.5. The third kappa shape index (κ3) is 1.71. The number of rotatable bonds is 1. The molecule has 3 heterocycles. The molecule has 1 aromatic rings. The Morgan fingerprint density at radius 1 is 1.31 bits per heavy atom. The van der Waals surface area contributed by atoms with Gasteiger partial charge in [0, 0.05) is 38.4 Å². The summed E-state index contributed by atoms with van der Waals surface area (Å²) in [6.45, 7) is 4.31. The van der Waals surface area contributed by atoms with E-state index >= 15 is 0 Å². The number of anilines is 1. The number of fused-ring (bicyclic) bond motifs is 2. The largest absolute Gasteiger partial charge is 0.341 e. The topological polar surface area (TPSA) is 33.1 Å². The molecule has 2 fully saturated rings. The smallest absolute Gasteiger partial charge is 0.205 e. The molecule has 0 saturated carbocycles. The summed E-state index contributed by atoms with van der Waals surface area (Å²) in [4.78, 5) is 7.05. The summed E-state index contributed by atoms with van der Waals surface area (Å²) < 4.78 is 2.15. The summed E-state index contributed by atoms with van der Waals surface area (Å²) in [5, 5.41) is 3.70. The molecular formula is C12H20N4. The van der Waals surface area contributed by atoms with Gasteiger partial charge in [-0.3, -0.25) is 0 Å². The monoisotopic (exact) mass is 220 g/mol. The van der Waals surface area contributed by atoms with Crippen LogP contribution in [0.5, 0.6) is 0 Å². The number of imidazole rings is 1. The van der Waals surface area contributed by atoms with Crippen LogP contribution >= 0.6 is 0 Å². The fraction of sp³-hybridized carbons (Fsp3) is 0.750. The van der Waals surface area contributed by atoms with Crippen molar-refractivity contribution in [3.8, 4) is 0 Å². The zero-order valence-corrected chi connectivity index (χ0v) is 10.1. The zero-order chi connectivity index (χ0) is 11.1. The van der Waals surface area contributed by atoms with E-state index in [1.165, 1.54) is 19.3 Å². The highest BCUT2D eigenvalue weighted by molar-refractivity contribution is 5.34. The van der Waals surface area contributed by atoms with E-state index in [4.69, 9.17) is 0 Å². The van der Waals surface area contributed by atoms with Gasteiger partial charge in [-0.25, -0.2) is 4.98 Å². The molecule has 0 aliphatic carbocycles. The van der Waals surface area contributed by atoms with Gasteiger partial charge < -0.3 is 14.8 Å². The van der Waals surface area contributed by atoms with Gasteiger partial charge in [-0.05, 0) is 26.2 Å². The average Bonchev–Trinajstić information content (AvgIpc) is 2.71. The Balaban J connectivity index is 1.82. The lowest BCUT2D eigenvalue weighted by molar-refractivity contribution is 0.563. The molecule has 2 saturated heterocycles. The fourth-order valence-electron chi connectivity index (χ4n) is 3.02. The summed E-state index contributed by atoms with van der Waals surface area (Å²) in [6.07, 6.45) is 6.04. The Morgan fingerprint density at radius 3 is 2.88 bits per heavy atom. The molecule has 16 heavy (non-hydrogen) atoms. The molecule has 4 nitrogen and oxygen atoms in total. The van der Waals surface area contributed by atoms with Gasteiger partial charge in [0.15, 0.2) is 0 Å². The highest BCUT2D eigenvalue weighted by Crippen LogP contribution is 2.23. The molecular weight excluding hydrogens is 200 g/mol. The van der Waals surface area contributed by atoms with Gasteiger partial charge in [0.25, 0.3) is 0 Å². The first kappa shape index (κ1) is 10.1. The highest BCUT2D eigenvalue weighted by Gasteiger charge is 2.30. The predicted molar refractivity (Wildman–Crippen MR) is 64.7 cm³/mol. The maximum Gasteiger partial charge on any atom is 0.205 e. The SMILES string of the molecule is Cc1cn(C)c(N2CCC3CCC(C2)N3)n1. The molecule has 2 bridgehead atoms. The van der Waals surface area contributed by atoms with Crippen LogP contribution in [0.25, 0.3) is 0 Å². The predicted octanol–water partition coefficient (Wildman–Crippen LogP) is 1.06. The highest BCUT2D eigenvalue weighted by atomic mass is 15.3. The van der Waals surface area contributed by atoms with E-state index in [0.717, 1.165) is 30.8 Å². The van der Waals surface area contributed by atoms with Gasteiger partial charge in [-0.1, -0.05) is 0 Å². The van der Waals surface area contributed by atoms with Crippen molar-refractivity contribution in [2.45, 2.75) is 38.3 Å². The molecule has 0 radical (unpaired) electrons. The number of aryl methyl sites for hydroxylation is 2. The van der Waals surface area contributed by atoms with Crippen molar-refractivity contribution in [1.82, 2.24) is 14.9 Å².